The van der Waals surface area contributed by atoms with Gasteiger partial charge in [0.25, 0.3) is 0 Å². The lowest BCUT2D eigenvalue weighted by molar-refractivity contribution is 0.0592. The Balaban J connectivity index is 1.63. The van der Waals surface area contributed by atoms with E-state index in [-0.39, 0.29) is 18.2 Å². The van der Waals surface area contributed by atoms with E-state index in [9.17, 15) is 4.79 Å². The highest BCUT2D eigenvalue weighted by Gasteiger charge is 2.39. The van der Waals surface area contributed by atoms with E-state index in [1.54, 1.807) is 12.1 Å². The lowest BCUT2D eigenvalue weighted by Crippen LogP contribution is -2.49. The average molecular weight is 351 g/mol. The van der Waals surface area contributed by atoms with Crippen LogP contribution in [0.2, 0.25) is 0 Å². The second-order valence-corrected chi connectivity index (χ2v) is 7.30. The first-order chi connectivity index (χ1) is 12.6. The number of primary amides is 1. The van der Waals surface area contributed by atoms with Gasteiger partial charge < -0.3 is 16.2 Å². The van der Waals surface area contributed by atoms with Crippen molar-refractivity contribution in [1.29, 1.82) is 0 Å². The van der Waals surface area contributed by atoms with Crippen molar-refractivity contribution in [2.45, 2.75) is 37.5 Å². The summed E-state index contributed by atoms with van der Waals surface area (Å²) in [7, 11) is 0. The maximum absolute atomic E-state index is 11.5. The molecule has 1 amide bonds. The Morgan fingerprint density at radius 1 is 1.15 bits per heavy atom. The Morgan fingerprint density at radius 3 is 2.81 bits per heavy atom. The highest BCUT2D eigenvalue weighted by molar-refractivity contribution is 5.93. The first kappa shape index (κ1) is 17.1. The molecule has 4 N–H and O–H groups in total. The first-order valence-electron chi connectivity index (χ1n) is 9.26. The van der Waals surface area contributed by atoms with E-state index >= 15 is 0 Å². The maximum Gasteiger partial charge on any atom is 0.248 e. The van der Waals surface area contributed by atoms with E-state index in [2.05, 4.69) is 29.2 Å². The van der Waals surface area contributed by atoms with Gasteiger partial charge >= 0.3 is 0 Å². The predicted molar refractivity (Wildman–Crippen MR) is 101 cm³/mol. The number of nitrogens with zero attached hydrogens (tertiary/aromatic N) is 1. The third-order valence-corrected chi connectivity index (χ3v) is 5.48. The van der Waals surface area contributed by atoms with Crippen LogP contribution in [0.25, 0.3) is 0 Å². The molecule has 0 radical (unpaired) electrons. The van der Waals surface area contributed by atoms with Crippen molar-refractivity contribution in [3.05, 3.63) is 65.2 Å². The molecule has 2 aliphatic rings. The molecule has 4 rings (SSSR count). The molecule has 1 heterocycles. The molecule has 0 unspecified atom stereocenters. The molecule has 0 saturated carbocycles. The number of hydrogen-bond acceptors (Lipinski definition) is 4. The molecule has 5 heteroatoms. The number of rotatable bonds is 4. The normalized spacial score (nSPS) is 25.7. The minimum atomic E-state index is -0.444. The fourth-order valence-electron chi connectivity index (χ4n) is 4.21. The third-order valence-electron chi connectivity index (χ3n) is 5.48. The topological polar surface area (TPSA) is 81.6 Å². The fraction of sp³-hybridized carbons (Fsp3) is 0.381. The maximum atomic E-state index is 11.5. The summed E-state index contributed by atoms with van der Waals surface area (Å²) in [5, 5.41) is 0. The van der Waals surface area contributed by atoms with Crippen molar-refractivity contribution in [3.63, 3.8) is 0 Å². The number of nitrogens with two attached hydrogens (primary N) is 2. The van der Waals surface area contributed by atoms with Crippen LogP contribution in [0.1, 0.15) is 40.4 Å². The fourth-order valence-corrected chi connectivity index (χ4v) is 4.21. The Kier molecular flexibility index (Phi) is 4.66. The summed E-state index contributed by atoms with van der Waals surface area (Å²) in [4.78, 5) is 14.0. The summed E-state index contributed by atoms with van der Waals surface area (Å²) in [6, 6.07) is 16.1. The molecule has 0 bridgehead atoms. The number of benzene rings is 2. The number of amides is 1. The van der Waals surface area contributed by atoms with Gasteiger partial charge in [-0.2, -0.15) is 0 Å². The highest BCUT2D eigenvalue weighted by Crippen LogP contribution is 2.38. The molecule has 2 aromatic carbocycles. The summed E-state index contributed by atoms with van der Waals surface area (Å²) < 4.78 is 6.40. The van der Waals surface area contributed by atoms with Crippen molar-refractivity contribution in [2.24, 2.45) is 11.5 Å². The number of fused-ring (bicyclic) bond motifs is 1. The molecule has 1 fully saturated rings. The van der Waals surface area contributed by atoms with Crippen LogP contribution in [0.4, 0.5) is 0 Å². The van der Waals surface area contributed by atoms with Crippen LogP contribution in [0.5, 0.6) is 5.75 Å². The molecule has 2 aromatic rings. The van der Waals surface area contributed by atoms with Crippen molar-refractivity contribution in [2.75, 3.05) is 13.1 Å². The zero-order valence-electron chi connectivity index (χ0n) is 14.8. The van der Waals surface area contributed by atoms with Gasteiger partial charge in [-0.3, -0.25) is 9.69 Å². The SMILES string of the molecule is NC(=O)c1cccc(O[C@@H]2c3ccccc3C[C@H]2N2CCC[C@@H](N)C2)c1. The Hall–Kier alpha value is -2.37. The van der Waals surface area contributed by atoms with Gasteiger partial charge in [0, 0.05) is 18.2 Å². The Morgan fingerprint density at radius 2 is 2.00 bits per heavy atom. The quantitative estimate of drug-likeness (QED) is 0.885. The summed E-state index contributed by atoms with van der Waals surface area (Å²) in [5.74, 6) is 0.232. The highest BCUT2D eigenvalue weighted by atomic mass is 16.5. The largest absolute Gasteiger partial charge is 0.484 e. The molecule has 136 valence electrons. The number of carbonyl (C=O) groups is 1. The molecule has 5 nitrogen and oxygen atoms in total. The van der Waals surface area contributed by atoms with Crippen LogP contribution in [0.15, 0.2) is 48.5 Å². The lowest BCUT2D eigenvalue weighted by Gasteiger charge is -2.38. The zero-order valence-corrected chi connectivity index (χ0v) is 14.8. The molecular formula is C21H25N3O2. The van der Waals surface area contributed by atoms with Crippen LogP contribution in [-0.4, -0.2) is 36.0 Å². The molecule has 0 spiro atoms. The van der Waals surface area contributed by atoms with Gasteiger partial charge in [0.15, 0.2) is 0 Å². The molecule has 3 atom stereocenters. The Labute approximate surface area is 153 Å². The Bertz CT molecular complexity index is 807. The smallest absolute Gasteiger partial charge is 0.248 e. The first-order valence-corrected chi connectivity index (χ1v) is 9.26. The van der Waals surface area contributed by atoms with Crippen LogP contribution < -0.4 is 16.2 Å². The van der Waals surface area contributed by atoms with E-state index in [1.807, 2.05) is 12.1 Å². The summed E-state index contributed by atoms with van der Waals surface area (Å²) in [6.07, 6.45) is 3.10. The average Bonchev–Trinajstić information content (AvgIpc) is 3.01. The van der Waals surface area contributed by atoms with E-state index < -0.39 is 5.91 Å². The van der Waals surface area contributed by atoms with Gasteiger partial charge in [0.2, 0.25) is 5.91 Å². The van der Waals surface area contributed by atoms with Gasteiger partial charge in [-0.15, -0.1) is 0 Å². The summed E-state index contributed by atoms with van der Waals surface area (Å²) in [6.45, 7) is 1.95. The minimum Gasteiger partial charge on any atom is -0.484 e. The molecule has 1 saturated heterocycles. The third kappa shape index (κ3) is 3.32. The van der Waals surface area contributed by atoms with E-state index in [0.717, 1.165) is 32.4 Å². The number of piperidine rings is 1. The second kappa shape index (κ2) is 7.09. The minimum absolute atomic E-state index is 0.0698. The lowest BCUT2D eigenvalue weighted by atomic mass is 10.0. The van der Waals surface area contributed by atoms with Crippen LogP contribution >= 0.6 is 0 Å². The van der Waals surface area contributed by atoms with Gasteiger partial charge in [-0.1, -0.05) is 30.3 Å². The number of carbonyl (C=O) groups excluding carboxylic acids is 1. The van der Waals surface area contributed by atoms with Crippen molar-refractivity contribution >= 4 is 5.91 Å². The molecular weight excluding hydrogens is 326 g/mol. The van der Waals surface area contributed by atoms with Gasteiger partial charge in [-0.05, 0) is 55.1 Å². The molecule has 26 heavy (non-hydrogen) atoms. The monoisotopic (exact) mass is 351 g/mol. The predicted octanol–water partition coefficient (Wildman–Crippen LogP) is 2.25. The van der Waals surface area contributed by atoms with Crippen molar-refractivity contribution in [1.82, 2.24) is 4.90 Å². The number of likely N-dealkylation sites (tertiary alicyclic amines) is 1. The van der Waals surface area contributed by atoms with E-state index in [1.165, 1.54) is 11.1 Å². The molecule has 1 aliphatic carbocycles. The van der Waals surface area contributed by atoms with E-state index in [0.29, 0.717) is 11.3 Å². The van der Waals surface area contributed by atoms with E-state index in [4.69, 9.17) is 16.2 Å². The van der Waals surface area contributed by atoms with Crippen molar-refractivity contribution in [3.8, 4) is 5.75 Å². The van der Waals surface area contributed by atoms with Crippen LogP contribution in [-0.2, 0) is 6.42 Å². The standard InChI is InChI=1S/C21H25N3O2/c22-16-7-4-10-24(13-16)19-12-14-5-1-2-9-18(14)20(19)26-17-8-3-6-15(11-17)21(23)25/h1-3,5-6,8-9,11,16,19-20H,4,7,10,12-13,22H2,(H2,23,25)/t16-,19-,20-/m1/s1. The van der Waals surface area contributed by atoms with Gasteiger partial charge in [0.1, 0.15) is 11.9 Å². The molecule has 0 aromatic heterocycles. The second-order valence-electron chi connectivity index (χ2n) is 7.30. The van der Waals surface area contributed by atoms with Crippen LogP contribution in [0, 0.1) is 0 Å². The summed E-state index contributed by atoms with van der Waals surface area (Å²) >= 11 is 0. The number of ether oxygens (including phenoxy) is 1. The summed E-state index contributed by atoms with van der Waals surface area (Å²) in [5.41, 5.74) is 14.6. The van der Waals surface area contributed by atoms with Gasteiger partial charge in [0.05, 0.1) is 6.04 Å². The number of hydrogen-bond donors (Lipinski definition) is 2. The zero-order chi connectivity index (χ0) is 18.1. The van der Waals surface area contributed by atoms with Crippen molar-refractivity contribution < 1.29 is 9.53 Å². The van der Waals surface area contributed by atoms with Gasteiger partial charge in [-0.25, -0.2) is 0 Å². The van der Waals surface area contributed by atoms with Crippen LogP contribution in [0.3, 0.4) is 0 Å². The molecule has 1 aliphatic heterocycles.